The van der Waals surface area contributed by atoms with Crippen molar-refractivity contribution >= 4 is 34.7 Å². The summed E-state index contributed by atoms with van der Waals surface area (Å²) in [4.78, 5) is 0. The largest absolute Gasteiger partial charge is 0.286 e. The van der Waals surface area contributed by atoms with Crippen LogP contribution in [0.3, 0.4) is 0 Å². The summed E-state index contributed by atoms with van der Waals surface area (Å²) in [6.45, 7) is 0. The number of hydrogen-bond donors (Lipinski definition) is 0. The van der Waals surface area contributed by atoms with Crippen molar-refractivity contribution in [3.8, 4) is 0 Å². The average molecular weight is 240 g/mol. The van der Waals surface area contributed by atoms with Crippen molar-refractivity contribution in [2.75, 3.05) is 11.5 Å². The Bertz CT molecular complexity index is 440. The number of benzene rings is 1. The van der Waals surface area contributed by atoms with Gasteiger partial charge in [-0.25, -0.2) is 0 Å². The molecular weight excluding hydrogens is 228 g/mol. The summed E-state index contributed by atoms with van der Waals surface area (Å²) in [6, 6.07) is 6.22. The van der Waals surface area contributed by atoms with Crippen molar-refractivity contribution in [1.29, 1.82) is 0 Å². The van der Waals surface area contributed by atoms with Gasteiger partial charge in [0.1, 0.15) is 0 Å². The fraction of sp³-hybridized carbons (Fsp3) is 0.455. The average Bonchev–Trinajstić information content (AvgIpc) is 2.24. The fourth-order valence-electron chi connectivity index (χ4n) is 1.72. The molecule has 1 aromatic heterocycles. The van der Waals surface area contributed by atoms with Crippen LogP contribution in [0.4, 0.5) is 0 Å². The molecule has 0 radical (unpaired) electrons. The van der Waals surface area contributed by atoms with Gasteiger partial charge in [0.2, 0.25) is 11.2 Å². The number of fused-ring (bicyclic) bond motifs is 1. The van der Waals surface area contributed by atoms with Crippen molar-refractivity contribution in [1.82, 2.24) is 0 Å². The third-order valence-electron chi connectivity index (χ3n) is 2.53. The zero-order chi connectivity index (χ0) is 10.1. The minimum atomic E-state index is 0.720. The van der Waals surface area contributed by atoms with Gasteiger partial charge in [-0.05, 0) is 42.0 Å². The lowest BCUT2D eigenvalue weighted by Crippen LogP contribution is -2.09. The Hall–Kier alpha value is -0.480. The van der Waals surface area contributed by atoms with E-state index in [4.69, 9.17) is 9.15 Å². The molecule has 1 aliphatic heterocycles. The van der Waals surface area contributed by atoms with E-state index < -0.39 is 0 Å². The summed E-state index contributed by atoms with van der Waals surface area (Å²) < 4.78 is 10.4. The Morgan fingerprint density at radius 1 is 1.13 bits per heavy atom. The molecule has 0 amide bonds. The van der Waals surface area contributed by atoms with Gasteiger partial charge in [0, 0.05) is 0 Å². The molecular formula is C11H12O2S2. The summed E-state index contributed by atoms with van der Waals surface area (Å²) in [6.07, 6.45) is 2.49. The first kappa shape index (κ1) is 9.73. The lowest BCUT2D eigenvalue weighted by atomic mass is 10.1. The van der Waals surface area contributed by atoms with E-state index in [0.717, 1.165) is 22.2 Å². The van der Waals surface area contributed by atoms with Crippen molar-refractivity contribution in [2.45, 2.75) is 17.4 Å². The highest BCUT2D eigenvalue weighted by Crippen LogP contribution is 2.33. The Balaban J connectivity index is 1.72. The van der Waals surface area contributed by atoms with Crippen molar-refractivity contribution in [3.63, 3.8) is 0 Å². The molecule has 1 fully saturated rings. The second-order valence-corrected chi connectivity index (χ2v) is 6.60. The van der Waals surface area contributed by atoms with Crippen LogP contribution in [-0.2, 0) is 6.42 Å². The molecule has 2 heterocycles. The summed E-state index contributed by atoms with van der Waals surface area (Å²) >= 11 is 4.15. The molecule has 0 spiro atoms. The zero-order valence-corrected chi connectivity index (χ0v) is 9.90. The smallest absolute Gasteiger partial charge is 0.225 e. The minimum Gasteiger partial charge on any atom is -0.286 e. The van der Waals surface area contributed by atoms with Crippen LogP contribution in [0.5, 0.6) is 0 Å². The molecule has 0 aliphatic carbocycles. The monoisotopic (exact) mass is 240 g/mol. The van der Waals surface area contributed by atoms with E-state index in [2.05, 4.69) is 35.7 Å². The van der Waals surface area contributed by atoms with E-state index in [1.54, 1.807) is 0 Å². The molecule has 0 saturated carbocycles. The maximum absolute atomic E-state index is 4.89. The van der Waals surface area contributed by atoms with E-state index in [1.165, 1.54) is 23.5 Å². The Morgan fingerprint density at radius 2 is 1.93 bits per heavy atom. The van der Waals surface area contributed by atoms with E-state index in [0.29, 0.717) is 0 Å². The molecule has 0 atom stereocenters. The van der Waals surface area contributed by atoms with Gasteiger partial charge in [-0.1, -0.05) is 6.07 Å². The van der Waals surface area contributed by atoms with Crippen LogP contribution in [0.1, 0.15) is 12.0 Å². The SMILES string of the molecule is c1cc2ooc2cc1CC1SCCCS1. The normalized spacial score (nSPS) is 18.7. The molecule has 0 N–H and O–H groups in total. The van der Waals surface area contributed by atoms with Crippen molar-refractivity contribution in [2.24, 2.45) is 0 Å². The molecule has 0 bridgehead atoms. The second kappa shape index (κ2) is 4.18. The fourth-order valence-corrected chi connectivity index (χ4v) is 4.63. The first-order valence-corrected chi connectivity index (χ1v) is 7.22. The van der Waals surface area contributed by atoms with Crippen LogP contribution in [0.25, 0.3) is 11.2 Å². The predicted octanol–water partition coefficient (Wildman–Crippen LogP) is 3.76. The third-order valence-corrected chi connectivity index (χ3v) is 5.47. The quantitative estimate of drug-likeness (QED) is 0.746. The van der Waals surface area contributed by atoms with Gasteiger partial charge < -0.3 is 0 Å². The van der Waals surface area contributed by atoms with Gasteiger partial charge in [-0.3, -0.25) is 9.15 Å². The van der Waals surface area contributed by atoms with Gasteiger partial charge in [-0.15, -0.1) is 23.5 Å². The van der Waals surface area contributed by atoms with Crippen molar-refractivity contribution < 1.29 is 9.15 Å². The summed E-state index contributed by atoms with van der Waals surface area (Å²) in [5, 5.41) is 0. The zero-order valence-electron chi connectivity index (χ0n) is 8.27. The molecule has 1 aromatic carbocycles. The van der Waals surface area contributed by atoms with E-state index in [1.807, 2.05) is 6.07 Å². The molecule has 80 valence electrons. The molecule has 2 nitrogen and oxygen atoms in total. The molecule has 4 heteroatoms. The summed E-state index contributed by atoms with van der Waals surface area (Å²) in [7, 11) is 0. The predicted molar refractivity (Wildman–Crippen MR) is 65.5 cm³/mol. The molecule has 2 aromatic rings. The number of rotatable bonds is 2. The van der Waals surface area contributed by atoms with Crippen LogP contribution in [-0.4, -0.2) is 16.1 Å². The van der Waals surface area contributed by atoms with Gasteiger partial charge in [0.15, 0.2) is 0 Å². The highest BCUT2D eigenvalue weighted by molar-refractivity contribution is 8.17. The van der Waals surface area contributed by atoms with Crippen molar-refractivity contribution in [3.05, 3.63) is 23.8 Å². The summed E-state index contributed by atoms with van der Waals surface area (Å²) in [5.74, 6) is 2.62. The number of thioether (sulfide) groups is 2. The second-order valence-electron chi connectivity index (χ2n) is 3.68. The Labute approximate surface area is 96.7 Å². The maximum atomic E-state index is 4.89. The van der Waals surface area contributed by atoms with Gasteiger partial charge in [0.25, 0.3) is 0 Å². The highest BCUT2D eigenvalue weighted by atomic mass is 32.2. The topological polar surface area (TPSA) is 26.3 Å². The first-order valence-electron chi connectivity index (χ1n) is 5.12. The molecule has 3 rings (SSSR count). The lowest BCUT2D eigenvalue weighted by Gasteiger charge is -2.20. The highest BCUT2D eigenvalue weighted by Gasteiger charge is 2.15. The van der Waals surface area contributed by atoms with Crippen LogP contribution in [0.15, 0.2) is 27.4 Å². The van der Waals surface area contributed by atoms with Gasteiger partial charge >= 0.3 is 0 Å². The molecule has 15 heavy (non-hydrogen) atoms. The van der Waals surface area contributed by atoms with Gasteiger partial charge in [-0.2, -0.15) is 0 Å². The van der Waals surface area contributed by atoms with Crippen LogP contribution in [0.2, 0.25) is 0 Å². The number of hydrogen-bond acceptors (Lipinski definition) is 4. The van der Waals surface area contributed by atoms with Gasteiger partial charge in [0.05, 0.1) is 4.58 Å². The maximum Gasteiger partial charge on any atom is 0.225 e. The van der Waals surface area contributed by atoms with Crippen LogP contribution < -0.4 is 0 Å². The van der Waals surface area contributed by atoms with E-state index >= 15 is 0 Å². The third kappa shape index (κ3) is 2.06. The van der Waals surface area contributed by atoms with E-state index in [-0.39, 0.29) is 0 Å². The van der Waals surface area contributed by atoms with Crippen LogP contribution in [0, 0.1) is 0 Å². The summed E-state index contributed by atoms with van der Waals surface area (Å²) in [5.41, 5.74) is 3.10. The van der Waals surface area contributed by atoms with Crippen LogP contribution >= 0.6 is 23.5 Å². The molecule has 0 unspecified atom stereocenters. The Morgan fingerprint density at radius 3 is 2.60 bits per heavy atom. The molecule has 1 saturated heterocycles. The molecule has 1 aliphatic rings. The first-order chi connectivity index (χ1) is 7.42. The minimum absolute atomic E-state index is 0.720. The van der Waals surface area contributed by atoms with E-state index in [9.17, 15) is 0 Å². The standard InChI is InChI=1S/C11H12O2S2/c1-4-14-11(15-5-1)7-8-2-3-9-10(6-8)13-12-9/h2-3,6,11H,1,4-5,7H2. The Kier molecular flexibility index (Phi) is 2.71. The lowest BCUT2D eigenvalue weighted by molar-refractivity contribution is 0.0588.